The van der Waals surface area contributed by atoms with Crippen molar-refractivity contribution in [2.45, 2.75) is 32.8 Å². The van der Waals surface area contributed by atoms with Gasteiger partial charge in [-0.15, -0.1) is 11.3 Å². The number of thiophene rings is 1. The van der Waals surface area contributed by atoms with Gasteiger partial charge < -0.3 is 20.6 Å². The zero-order chi connectivity index (χ0) is 17.5. The normalized spacial score (nSPS) is 11.8. The van der Waals surface area contributed by atoms with Gasteiger partial charge in [0, 0.05) is 17.5 Å². The Morgan fingerprint density at radius 1 is 1.38 bits per heavy atom. The summed E-state index contributed by atoms with van der Waals surface area (Å²) in [4.78, 5) is 24.4. The molecule has 3 aromatic rings. The third-order valence-corrected chi connectivity index (χ3v) is 4.30. The fourth-order valence-electron chi connectivity index (χ4n) is 2.33. The fraction of sp³-hybridized carbons (Fsp3) is 0.312. The molecule has 0 saturated carbocycles. The van der Waals surface area contributed by atoms with E-state index in [0.717, 1.165) is 10.4 Å². The molecule has 0 saturated heterocycles. The molecule has 0 amide bonds. The molecule has 0 atom stereocenters. The SMILES string of the molecule is CC(C)(C)OC(=O)c1ccc(Cc2c[nH]c3nc(N)nc(O)c23)s1. The average molecular weight is 346 g/mol. The van der Waals surface area contributed by atoms with Gasteiger partial charge in [0.1, 0.15) is 16.1 Å². The second-order valence-corrected chi connectivity index (χ2v) is 7.56. The minimum absolute atomic E-state index is 0.0109. The zero-order valence-electron chi connectivity index (χ0n) is 13.6. The van der Waals surface area contributed by atoms with Crippen molar-refractivity contribution in [2.75, 3.05) is 5.73 Å². The molecule has 0 unspecified atom stereocenters. The third-order valence-electron chi connectivity index (χ3n) is 3.24. The number of nitrogen functional groups attached to an aromatic ring is 1. The van der Waals surface area contributed by atoms with Gasteiger partial charge in [-0.1, -0.05) is 0 Å². The largest absolute Gasteiger partial charge is 0.493 e. The fourth-order valence-corrected chi connectivity index (χ4v) is 3.24. The van der Waals surface area contributed by atoms with Crippen LogP contribution in [0.3, 0.4) is 0 Å². The van der Waals surface area contributed by atoms with Crippen LogP contribution in [0.1, 0.15) is 40.9 Å². The number of hydrogen-bond donors (Lipinski definition) is 3. The lowest BCUT2D eigenvalue weighted by molar-refractivity contribution is 0.00752. The van der Waals surface area contributed by atoms with Crippen LogP contribution in [0, 0.1) is 0 Å². The molecule has 126 valence electrons. The van der Waals surface area contributed by atoms with Gasteiger partial charge in [-0.2, -0.15) is 9.97 Å². The predicted octanol–water partition coefficient (Wildman–Crippen LogP) is 2.85. The molecule has 24 heavy (non-hydrogen) atoms. The molecule has 3 aromatic heterocycles. The number of nitrogens with one attached hydrogen (secondary N) is 1. The van der Waals surface area contributed by atoms with Gasteiger partial charge in [-0.05, 0) is 38.5 Å². The van der Waals surface area contributed by atoms with E-state index in [0.29, 0.717) is 22.3 Å². The highest BCUT2D eigenvalue weighted by atomic mass is 32.1. The molecule has 4 N–H and O–H groups in total. The second kappa shape index (κ2) is 5.79. The van der Waals surface area contributed by atoms with E-state index in [1.165, 1.54) is 11.3 Å². The summed E-state index contributed by atoms with van der Waals surface area (Å²) in [5.41, 5.74) is 6.31. The van der Waals surface area contributed by atoms with Crippen molar-refractivity contribution in [3.05, 3.63) is 33.6 Å². The number of aromatic nitrogens is 3. The molecule has 0 aliphatic carbocycles. The smallest absolute Gasteiger partial charge is 0.348 e. The highest BCUT2D eigenvalue weighted by Crippen LogP contribution is 2.29. The van der Waals surface area contributed by atoms with Crippen LogP contribution >= 0.6 is 11.3 Å². The van der Waals surface area contributed by atoms with Gasteiger partial charge >= 0.3 is 5.97 Å². The number of carbonyl (C=O) groups is 1. The van der Waals surface area contributed by atoms with Crippen molar-refractivity contribution in [3.63, 3.8) is 0 Å². The molecule has 0 aromatic carbocycles. The van der Waals surface area contributed by atoms with Crippen LogP contribution in [0.25, 0.3) is 11.0 Å². The number of fused-ring (bicyclic) bond motifs is 1. The molecule has 0 spiro atoms. The number of esters is 1. The Kier molecular flexibility index (Phi) is 3.92. The number of aromatic amines is 1. The van der Waals surface area contributed by atoms with E-state index < -0.39 is 5.60 Å². The minimum Gasteiger partial charge on any atom is -0.493 e. The van der Waals surface area contributed by atoms with E-state index in [1.807, 2.05) is 26.8 Å². The summed E-state index contributed by atoms with van der Waals surface area (Å²) in [6.07, 6.45) is 2.29. The molecule has 0 aliphatic rings. The van der Waals surface area contributed by atoms with Gasteiger partial charge in [-0.3, -0.25) is 0 Å². The van der Waals surface area contributed by atoms with Crippen LogP contribution in [0.5, 0.6) is 5.88 Å². The Labute approximate surface area is 142 Å². The topological polar surface area (TPSA) is 114 Å². The van der Waals surface area contributed by atoms with E-state index >= 15 is 0 Å². The van der Waals surface area contributed by atoms with Crippen LogP contribution in [-0.2, 0) is 11.2 Å². The zero-order valence-corrected chi connectivity index (χ0v) is 14.4. The Bertz CT molecular complexity index is 908. The Morgan fingerprint density at radius 3 is 2.83 bits per heavy atom. The lowest BCUT2D eigenvalue weighted by Crippen LogP contribution is -2.23. The Balaban J connectivity index is 1.84. The van der Waals surface area contributed by atoms with Crippen molar-refractivity contribution >= 4 is 34.3 Å². The molecule has 0 fully saturated rings. The summed E-state index contributed by atoms with van der Waals surface area (Å²) in [5.74, 6) is -0.481. The van der Waals surface area contributed by atoms with Crippen molar-refractivity contribution in [1.82, 2.24) is 15.0 Å². The van der Waals surface area contributed by atoms with Crippen molar-refractivity contribution < 1.29 is 14.6 Å². The maximum atomic E-state index is 12.1. The van der Waals surface area contributed by atoms with E-state index in [-0.39, 0.29) is 17.8 Å². The number of nitrogens with two attached hydrogens (primary N) is 1. The van der Waals surface area contributed by atoms with E-state index in [9.17, 15) is 9.90 Å². The third kappa shape index (κ3) is 3.33. The first-order valence-corrected chi connectivity index (χ1v) is 8.19. The Hall–Kier alpha value is -2.61. The number of rotatable bonds is 3. The number of aromatic hydroxyl groups is 1. The van der Waals surface area contributed by atoms with Crippen LogP contribution in [-0.4, -0.2) is 31.6 Å². The first-order valence-electron chi connectivity index (χ1n) is 7.37. The summed E-state index contributed by atoms with van der Waals surface area (Å²) < 4.78 is 5.37. The van der Waals surface area contributed by atoms with Gasteiger partial charge in [0.05, 0.1) is 5.39 Å². The number of H-pyrrole nitrogens is 1. The van der Waals surface area contributed by atoms with Gasteiger partial charge in [0.15, 0.2) is 0 Å². The number of hydrogen-bond acceptors (Lipinski definition) is 7. The van der Waals surface area contributed by atoms with Gasteiger partial charge in [0.2, 0.25) is 11.8 Å². The van der Waals surface area contributed by atoms with E-state index in [1.54, 1.807) is 12.3 Å². The number of carbonyl (C=O) groups excluding carboxylic acids is 1. The number of ether oxygens (including phenoxy) is 1. The van der Waals surface area contributed by atoms with Crippen LogP contribution in [0.15, 0.2) is 18.3 Å². The molecular weight excluding hydrogens is 328 g/mol. The molecule has 3 rings (SSSR count). The monoisotopic (exact) mass is 346 g/mol. The van der Waals surface area contributed by atoms with Crippen molar-refractivity contribution in [2.24, 2.45) is 0 Å². The summed E-state index contributed by atoms with van der Waals surface area (Å²) >= 11 is 1.36. The van der Waals surface area contributed by atoms with Crippen LogP contribution in [0.4, 0.5) is 5.95 Å². The lowest BCUT2D eigenvalue weighted by atomic mass is 10.1. The van der Waals surface area contributed by atoms with Gasteiger partial charge in [-0.25, -0.2) is 4.79 Å². The predicted molar refractivity (Wildman–Crippen MR) is 92.3 cm³/mol. The van der Waals surface area contributed by atoms with Crippen LogP contribution in [0.2, 0.25) is 0 Å². The number of anilines is 1. The first kappa shape index (κ1) is 16.3. The summed E-state index contributed by atoms with van der Waals surface area (Å²) in [6.45, 7) is 5.50. The molecule has 8 heteroatoms. The average Bonchev–Trinajstić information content (AvgIpc) is 3.04. The molecule has 0 radical (unpaired) electrons. The highest BCUT2D eigenvalue weighted by Gasteiger charge is 2.20. The summed E-state index contributed by atoms with van der Waals surface area (Å²) in [6, 6.07) is 3.62. The molecule has 3 heterocycles. The maximum absolute atomic E-state index is 12.1. The quantitative estimate of drug-likeness (QED) is 0.628. The van der Waals surface area contributed by atoms with Crippen molar-refractivity contribution in [3.8, 4) is 5.88 Å². The second-order valence-electron chi connectivity index (χ2n) is 6.39. The van der Waals surface area contributed by atoms with Gasteiger partial charge in [0.25, 0.3) is 0 Å². The minimum atomic E-state index is -0.527. The highest BCUT2D eigenvalue weighted by molar-refractivity contribution is 7.14. The molecular formula is C16H18N4O3S. The maximum Gasteiger partial charge on any atom is 0.348 e. The first-order chi connectivity index (χ1) is 11.2. The summed E-state index contributed by atoms with van der Waals surface area (Å²) in [5, 5.41) is 10.5. The van der Waals surface area contributed by atoms with Crippen molar-refractivity contribution in [1.29, 1.82) is 0 Å². The number of nitrogens with zero attached hydrogens (tertiary/aromatic N) is 2. The lowest BCUT2D eigenvalue weighted by Gasteiger charge is -2.18. The standard InChI is InChI=1S/C16H18N4O3S/c1-16(2,3)23-14(22)10-5-4-9(24-10)6-8-7-18-12-11(8)13(21)20-15(17)19-12/h4-5,7H,6H2,1-3H3,(H4,17,18,19,20,21). The summed E-state index contributed by atoms with van der Waals surface area (Å²) in [7, 11) is 0. The van der Waals surface area contributed by atoms with E-state index in [4.69, 9.17) is 10.5 Å². The molecule has 0 aliphatic heterocycles. The van der Waals surface area contributed by atoms with E-state index in [2.05, 4.69) is 15.0 Å². The molecule has 7 nitrogen and oxygen atoms in total. The molecule has 0 bridgehead atoms. The van der Waals surface area contributed by atoms with Crippen LogP contribution < -0.4 is 5.73 Å². The Morgan fingerprint density at radius 2 is 2.12 bits per heavy atom.